The highest BCUT2D eigenvalue weighted by Gasteiger charge is 1.96. The van der Waals surface area contributed by atoms with Crippen molar-refractivity contribution >= 4 is 21.6 Å². The van der Waals surface area contributed by atoms with Crippen molar-refractivity contribution in [3.63, 3.8) is 0 Å². The number of anilines is 1. The van der Waals surface area contributed by atoms with Crippen molar-refractivity contribution in [1.29, 1.82) is 0 Å². The van der Waals surface area contributed by atoms with E-state index in [1.807, 2.05) is 24.3 Å². The topological polar surface area (TPSA) is 21.3 Å². The zero-order valence-corrected chi connectivity index (χ0v) is 14.0. The standard InChI is InChI=1S/C18H22BrNO/c1-2-3-4-15-5-9-17(10-6-15)20-13-14-21-18-11-7-16(19)8-12-18/h5-12,20H,2-4,13-14H2,1H3. The van der Waals surface area contributed by atoms with Crippen LogP contribution in [0.15, 0.2) is 53.0 Å². The Bertz CT molecular complexity index is 522. The van der Waals surface area contributed by atoms with E-state index in [-0.39, 0.29) is 0 Å². The van der Waals surface area contributed by atoms with Gasteiger partial charge in [0.15, 0.2) is 0 Å². The van der Waals surface area contributed by atoms with Crippen molar-refractivity contribution in [1.82, 2.24) is 0 Å². The van der Waals surface area contributed by atoms with E-state index in [2.05, 4.69) is 52.4 Å². The second-order valence-electron chi connectivity index (χ2n) is 5.03. The van der Waals surface area contributed by atoms with Crippen molar-refractivity contribution in [2.75, 3.05) is 18.5 Å². The molecule has 0 aliphatic rings. The quantitative estimate of drug-likeness (QED) is 0.655. The smallest absolute Gasteiger partial charge is 0.119 e. The van der Waals surface area contributed by atoms with E-state index in [1.165, 1.54) is 24.8 Å². The van der Waals surface area contributed by atoms with Crippen LogP contribution in [0.4, 0.5) is 5.69 Å². The van der Waals surface area contributed by atoms with E-state index >= 15 is 0 Å². The molecule has 0 atom stereocenters. The summed E-state index contributed by atoms with van der Waals surface area (Å²) in [7, 11) is 0. The van der Waals surface area contributed by atoms with E-state index < -0.39 is 0 Å². The number of halogens is 1. The molecule has 0 heterocycles. The zero-order chi connectivity index (χ0) is 14.9. The number of hydrogen-bond donors (Lipinski definition) is 1. The first-order valence-electron chi connectivity index (χ1n) is 7.49. The maximum atomic E-state index is 5.68. The van der Waals surface area contributed by atoms with E-state index in [9.17, 15) is 0 Å². The van der Waals surface area contributed by atoms with Gasteiger partial charge in [0.25, 0.3) is 0 Å². The predicted octanol–water partition coefficient (Wildman–Crippen LogP) is 5.28. The third kappa shape index (κ3) is 5.80. The fourth-order valence-corrected chi connectivity index (χ4v) is 2.33. The normalized spacial score (nSPS) is 10.4. The molecule has 0 spiro atoms. The number of benzene rings is 2. The average molecular weight is 348 g/mol. The van der Waals surface area contributed by atoms with Crippen molar-refractivity contribution in [3.05, 3.63) is 58.6 Å². The summed E-state index contributed by atoms with van der Waals surface area (Å²) < 4.78 is 6.74. The van der Waals surface area contributed by atoms with Gasteiger partial charge in [0, 0.05) is 16.7 Å². The highest BCUT2D eigenvalue weighted by Crippen LogP contribution is 2.16. The van der Waals surface area contributed by atoms with E-state index in [0.717, 1.165) is 22.5 Å². The summed E-state index contributed by atoms with van der Waals surface area (Å²) in [5.74, 6) is 0.898. The lowest BCUT2D eigenvalue weighted by molar-refractivity contribution is 0.333. The molecule has 0 aromatic heterocycles. The van der Waals surface area contributed by atoms with Crippen LogP contribution in [0.25, 0.3) is 0 Å². The molecule has 2 rings (SSSR count). The summed E-state index contributed by atoms with van der Waals surface area (Å²) in [6, 6.07) is 16.6. The van der Waals surface area contributed by atoms with E-state index in [4.69, 9.17) is 4.74 Å². The molecule has 0 unspecified atom stereocenters. The van der Waals surface area contributed by atoms with Gasteiger partial charge >= 0.3 is 0 Å². The zero-order valence-electron chi connectivity index (χ0n) is 12.4. The summed E-state index contributed by atoms with van der Waals surface area (Å²) >= 11 is 3.41. The Hall–Kier alpha value is -1.48. The van der Waals surface area contributed by atoms with Crippen LogP contribution in [0.2, 0.25) is 0 Å². The molecule has 3 heteroatoms. The van der Waals surface area contributed by atoms with Crippen LogP contribution in [0.1, 0.15) is 25.3 Å². The molecule has 0 saturated carbocycles. The van der Waals surface area contributed by atoms with Gasteiger partial charge in [0.05, 0.1) is 0 Å². The van der Waals surface area contributed by atoms with Crippen LogP contribution >= 0.6 is 15.9 Å². The van der Waals surface area contributed by atoms with Crippen molar-refractivity contribution in [2.24, 2.45) is 0 Å². The van der Waals surface area contributed by atoms with Crippen LogP contribution in [0.3, 0.4) is 0 Å². The first-order chi connectivity index (χ1) is 10.3. The van der Waals surface area contributed by atoms with Crippen molar-refractivity contribution in [2.45, 2.75) is 26.2 Å². The van der Waals surface area contributed by atoms with E-state index in [1.54, 1.807) is 0 Å². The number of ether oxygens (including phenoxy) is 1. The molecule has 0 fully saturated rings. The third-order valence-electron chi connectivity index (χ3n) is 3.29. The SMILES string of the molecule is CCCCc1ccc(NCCOc2ccc(Br)cc2)cc1. The van der Waals surface area contributed by atoms with Gasteiger partial charge in [-0.25, -0.2) is 0 Å². The Labute approximate surface area is 135 Å². The van der Waals surface area contributed by atoms with Gasteiger partial charge < -0.3 is 10.1 Å². The fraction of sp³-hybridized carbons (Fsp3) is 0.333. The summed E-state index contributed by atoms with van der Waals surface area (Å²) in [5.41, 5.74) is 2.56. The van der Waals surface area contributed by atoms with Crippen molar-refractivity contribution < 1.29 is 4.74 Å². The second kappa shape index (κ2) is 8.73. The van der Waals surface area contributed by atoms with Gasteiger partial charge in [-0.2, -0.15) is 0 Å². The minimum Gasteiger partial charge on any atom is -0.492 e. The second-order valence-corrected chi connectivity index (χ2v) is 5.95. The van der Waals surface area contributed by atoms with Gasteiger partial charge in [-0.05, 0) is 54.8 Å². The van der Waals surface area contributed by atoms with Gasteiger partial charge in [-0.1, -0.05) is 41.4 Å². The molecule has 0 amide bonds. The highest BCUT2D eigenvalue weighted by molar-refractivity contribution is 9.10. The molecule has 21 heavy (non-hydrogen) atoms. The summed E-state index contributed by atoms with van der Waals surface area (Å²) in [5, 5.41) is 3.38. The Morgan fingerprint density at radius 1 is 1.00 bits per heavy atom. The largest absolute Gasteiger partial charge is 0.492 e. The minimum absolute atomic E-state index is 0.652. The molecule has 0 saturated heterocycles. The van der Waals surface area contributed by atoms with Crippen molar-refractivity contribution in [3.8, 4) is 5.75 Å². The first kappa shape index (κ1) is 15.9. The van der Waals surface area contributed by atoms with Crippen LogP contribution in [-0.4, -0.2) is 13.2 Å². The Morgan fingerprint density at radius 3 is 2.38 bits per heavy atom. The molecular formula is C18H22BrNO. The first-order valence-corrected chi connectivity index (χ1v) is 8.28. The average Bonchev–Trinajstić information content (AvgIpc) is 2.52. The van der Waals surface area contributed by atoms with Gasteiger partial charge in [-0.15, -0.1) is 0 Å². The molecule has 2 aromatic rings. The molecular weight excluding hydrogens is 326 g/mol. The molecule has 2 aromatic carbocycles. The minimum atomic E-state index is 0.652. The van der Waals surface area contributed by atoms with E-state index in [0.29, 0.717) is 6.61 Å². The highest BCUT2D eigenvalue weighted by atomic mass is 79.9. The lowest BCUT2D eigenvalue weighted by atomic mass is 10.1. The molecule has 0 aliphatic heterocycles. The number of nitrogens with one attached hydrogen (secondary N) is 1. The van der Waals surface area contributed by atoms with Gasteiger partial charge in [0.2, 0.25) is 0 Å². The van der Waals surface area contributed by atoms with Crippen LogP contribution in [0, 0.1) is 0 Å². The Morgan fingerprint density at radius 2 is 1.71 bits per heavy atom. The molecule has 1 N–H and O–H groups in total. The van der Waals surface area contributed by atoms with Gasteiger partial charge in [-0.3, -0.25) is 0 Å². The molecule has 0 radical (unpaired) electrons. The number of rotatable bonds is 8. The predicted molar refractivity (Wildman–Crippen MR) is 93.2 cm³/mol. The lowest BCUT2D eigenvalue weighted by Gasteiger charge is -2.09. The molecule has 2 nitrogen and oxygen atoms in total. The Balaban J connectivity index is 1.69. The summed E-state index contributed by atoms with van der Waals surface area (Å²) in [6.45, 7) is 3.67. The summed E-state index contributed by atoms with van der Waals surface area (Å²) in [6.07, 6.45) is 3.67. The monoisotopic (exact) mass is 347 g/mol. The molecule has 112 valence electrons. The summed E-state index contributed by atoms with van der Waals surface area (Å²) in [4.78, 5) is 0. The maximum absolute atomic E-state index is 5.68. The Kier molecular flexibility index (Phi) is 6.61. The third-order valence-corrected chi connectivity index (χ3v) is 3.82. The lowest BCUT2D eigenvalue weighted by Crippen LogP contribution is -2.11. The van der Waals surface area contributed by atoms with Crippen LogP contribution < -0.4 is 10.1 Å². The fourth-order valence-electron chi connectivity index (χ4n) is 2.07. The number of hydrogen-bond acceptors (Lipinski definition) is 2. The molecule has 0 aliphatic carbocycles. The molecule has 0 bridgehead atoms. The van der Waals surface area contributed by atoms with Crippen LogP contribution in [-0.2, 0) is 6.42 Å². The number of aryl methyl sites for hydroxylation is 1. The maximum Gasteiger partial charge on any atom is 0.119 e. The van der Waals surface area contributed by atoms with Crippen LogP contribution in [0.5, 0.6) is 5.75 Å². The number of unbranched alkanes of at least 4 members (excludes halogenated alkanes) is 1. The van der Waals surface area contributed by atoms with Gasteiger partial charge in [0.1, 0.15) is 12.4 Å².